The van der Waals surface area contributed by atoms with E-state index < -0.39 is 0 Å². The highest BCUT2D eigenvalue weighted by atomic mass is 15.1. The molecule has 0 aliphatic heterocycles. The highest BCUT2D eigenvalue weighted by molar-refractivity contribution is 4.75. The van der Waals surface area contributed by atoms with Crippen LogP contribution in [0, 0.1) is 0 Å². The van der Waals surface area contributed by atoms with Gasteiger partial charge >= 0.3 is 0 Å². The average molecular weight is 170 g/mol. The van der Waals surface area contributed by atoms with Gasteiger partial charge in [0, 0.05) is 19.1 Å². The van der Waals surface area contributed by atoms with Crippen molar-refractivity contribution in [1.82, 2.24) is 10.2 Å². The summed E-state index contributed by atoms with van der Waals surface area (Å²) in [5, 5.41) is 3.40. The molecule has 72 valence electrons. The molecule has 2 heteroatoms. The molecule has 0 aliphatic rings. The van der Waals surface area contributed by atoms with Crippen molar-refractivity contribution in [2.75, 3.05) is 26.7 Å². The fourth-order valence-electron chi connectivity index (χ4n) is 1.03. The van der Waals surface area contributed by atoms with Gasteiger partial charge in [0.15, 0.2) is 0 Å². The second-order valence-corrected chi connectivity index (χ2v) is 3.28. The monoisotopic (exact) mass is 170 g/mol. The smallest absolute Gasteiger partial charge is 0.0192 e. The van der Waals surface area contributed by atoms with Crippen molar-refractivity contribution in [1.29, 1.82) is 0 Å². The average Bonchev–Trinajstić information content (AvgIpc) is 2.05. The summed E-state index contributed by atoms with van der Waals surface area (Å²) in [5.74, 6) is 0. The number of hydrogen-bond donors (Lipinski definition) is 1. The molecule has 0 spiro atoms. The summed E-state index contributed by atoms with van der Waals surface area (Å²) in [5.41, 5.74) is 0. The zero-order chi connectivity index (χ0) is 9.40. The maximum absolute atomic E-state index is 3.72. The van der Waals surface area contributed by atoms with E-state index in [1.165, 1.54) is 6.42 Å². The van der Waals surface area contributed by atoms with E-state index in [0.717, 1.165) is 19.6 Å². The topological polar surface area (TPSA) is 15.3 Å². The van der Waals surface area contributed by atoms with Gasteiger partial charge in [-0.25, -0.2) is 0 Å². The maximum atomic E-state index is 3.72. The molecule has 0 heterocycles. The molecule has 12 heavy (non-hydrogen) atoms. The van der Waals surface area contributed by atoms with Gasteiger partial charge in [0.2, 0.25) is 0 Å². The van der Waals surface area contributed by atoms with Crippen molar-refractivity contribution in [2.45, 2.75) is 26.3 Å². The Morgan fingerprint density at radius 1 is 1.58 bits per heavy atom. The molecule has 0 saturated carbocycles. The molecular weight excluding hydrogens is 148 g/mol. The quantitative estimate of drug-likeness (QED) is 0.460. The molecule has 1 N–H and O–H groups in total. The third kappa shape index (κ3) is 5.33. The largest absolute Gasteiger partial charge is 0.315 e. The molecule has 0 rings (SSSR count). The van der Waals surface area contributed by atoms with E-state index in [4.69, 9.17) is 0 Å². The van der Waals surface area contributed by atoms with E-state index in [0.29, 0.717) is 6.04 Å². The van der Waals surface area contributed by atoms with Gasteiger partial charge in [-0.3, -0.25) is 4.90 Å². The summed E-state index contributed by atoms with van der Waals surface area (Å²) in [6.07, 6.45) is 3.15. The first-order valence-corrected chi connectivity index (χ1v) is 4.74. The fraction of sp³-hybridized carbons (Fsp3) is 0.800. The molecule has 0 aliphatic carbocycles. The van der Waals surface area contributed by atoms with E-state index >= 15 is 0 Å². The minimum absolute atomic E-state index is 0.592. The minimum Gasteiger partial charge on any atom is -0.315 e. The molecule has 0 aromatic heterocycles. The SMILES string of the molecule is C=CCN(C)C(C)CNCCC. The first-order valence-electron chi connectivity index (χ1n) is 4.74. The number of rotatable bonds is 7. The third-order valence-electron chi connectivity index (χ3n) is 2.04. The van der Waals surface area contributed by atoms with Crippen LogP contribution < -0.4 is 5.32 Å². The molecular formula is C10H22N2. The Balaban J connectivity index is 3.41. The van der Waals surface area contributed by atoms with Gasteiger partial charge in [-0.1, -0.05) is 13.0 Å². The molecule has 0 aromatic rings. The van der Waals surface area contributed by atoms with Gasteiger partial charge in [0.1, 0.15) is 0 Å². The van der Waals surface area contributed by atoms with Gasteiger partial charge in [-0.15, -0.1) is 6.58 Å². The highest BCUT2D eigenvalue weighted by Gasteiger charge is 2.05. The van der Waals surface area contributed by atoms with Crippen LogP contribution in [0.15, 0.2) is 12.7 Å². The standard InChI is InChI=1S/C10H22N2/c1-5-7-11-9-10(3)12(4)8-6-2/h6,10-11H,2,5,7-9H2,1,3-4H3. The van der Waals surface area contributed by atoms with E-state index in [9.17, 15) is 0 Å². The summed E-state index contributed by atoms with van der Waals surface area (Å²) in [7, 11) is 2.12. The molecule has 1 unspecified atom stereocenters. The molecule has 1 atom stereocenters. The Morgan fingerprint density at radius 3 is 2.75 bits per heavy atom. The van der Waals surface area contributed by atoms with E-state index in [2.05, 4.69) is 37.7 Å². The van der Waals surface area contributed by atoms with Crippen LogP contribution in [-0.4, -0.2) is 37.6 Å². The van der Waals surface area contributed by atoms with Crippen LogP contribution in [0.5, 0.6) is 0 Å². The predicted molar refractivity (Wildman–Crippen MR) is 55.4 cm³/mol. The predicted octanol–water partition coefficient (Wildman–Crippen LogP) is 1.49. The van der Waals surface area contributed by atoms with Crippen molar-refractivity contribution in [2.24, 2.45) is 0 Å². The Bertz CT molecular complexity index is 112. The van der Waals surface area contributed by atoms with Crippen molar-refractivity contribution in [3.8, 4) is 0 Å². The lowest BCUT2D eigenvalue weighted by molar-refractivity contribution is 0.276. The molecule has 0 radical (unpaired) electrons. The zero-order valence-electron chi connectivity index (χ0n) is 8.64. The molecule has 0 bridgehead atoms. The van der Waals surface area contributed by atoms with Gasteiger partial charge in [0.25, 0.3) is 0 Å². The van der Waals surface area contributed by atoms with Gasteiger partial charge in [-0.05, 0) is 26.9 Å². The summed E-state index contributed by atoms with van der Waals surface area (Å²) in [4.78, 5) is 2.29. The van der Waals surface area contributed by atoms with Gasteiger partial charge < -0.3 is 5.32 Å². The van der Waals surface area contributed by atoms with Gasteiger partial charge in [-0.2, -0.15) is 0 Å². The van der Waals surface area contributed by atoms with Crippen molar-refractivity contribution >= 4 is 0 Å². The lowest BCUT2D eigenvalue weighted by Crippen LogP contribution is -2.38. The van der Waals surface area contributed by atoms with Crippen molar-refractivity contribution < 1.29 is 0 Å². The number of nitrogens with zero attached hydrogens (tertiary/aromatic N) is 1. The molecule has 0 aromatic carbocycles. The van der Waals surface area contributed by atoms with Crippen LogP contribution >= 0.6 is 0 Å². The second-order valence-electron chi connectivity index (χ2n) is 3.28. The van der Waals surface area contributed by atoms with E-state index in [1.54, 1.807) is 0 Å². The molecule has 2 nitrogen and oxygen atoms in total. The Kier molecular flexibility index (Phi) is 7.11. The van der Waals surface area contributed by atoms with Crippen LogP contribution in [0.3, 0.4) is 0 Å². The number of nitrogens with one attached hydrogen (secondary N) is 1. The minimum atomic E-state index is 0.592. The normalized spacial score (nSPS) is 13.3. The summed E-state index contributed by atoms with van der Waals surface area (Å²) < 4.78 is 0. The van der Waals surface area contributed by atoms with E-state index in [-0.39, 0.29) is 0 Å². The first kappa shape index (κ1) is 11.7. The van der Waals surface area contributed by atoms with Crippen LogP contribution in [0.1, 0.15) is 20.3 Å². The Morgan fingerprint density at radius 2 is 2.25 bits per heavy atom. The van der Waals surface area contributed by atoms with Crippen LogP contribution in [0.25, 0.3) is 0 Å². The van der Waals surface area contributed by atoms with E-state index in [1.807, 2.05) is 6.08 Å². The molecule has 0 amide bonds. The fourth-order valence-corrected chi connectivity index (χ4v) is 1.03. The molecule has 0 fully saturated rings. The van der Waals surface area contributed by atoms with Crippen LogP contribution in [0.4, 0.5) is 0 Å². The zero-order valence-corrected chi connectivity index (χ0v) is 8.64. The van der Waals surface area contributed by atoms with Crippen LogP contribution in [0.2, 0.25) is 0 Å². The lowest BCUT2D eigenvalue weighted by Gasteiger charge is -2.23. The second kappa shape index (κ2) is 7.32. The summed E-state index contributed by atoms with van der Waals surface area (Å²) >= 11 is 0. The molecule has 0 saturated heterocycles. The third-order valence-corrected chi connectivity index (χ3v) is 2.04. The van der Waals surface area contributed by atoms with Crippen molar-refractivity contribution in [3.05, 3.63) is 12.7 Å². The Labute approximate surface area is 76.6 Å². The highest BCUT2D eigenvalue weighted by Crippen LogP contribution is 1.93. The Hall–Kier alpha value is -0.340. The van der Waals surface area contributed by atoms with Crippen molar-refractivity contribution in [3.63, 3.8) is 0 Å². The van der Waals surface area contributed by atoms with Gasteiger partial charge in [0.05, 0.1) is 0 Å². The lowest BCUT2D eigenvalue weighted by atomic mass is 10.3. The summed E-state index contributed by atoms with van der Waals surface area (Å²) in [6, 6.07) is 0.592. The number of likely N-dealkylation sites (N-methyl/N-ethyl adjacent to an activating group) is 1. The number of hydrogen-bond acceptors (Lipinski definition) is 2. The maximum Gasteiger partial charge on any atom is 0.0192 e. The summed E-state index contributed by atoms with van der Waals surface area (Å²) in [6.45, 7) is 11.3. The first-order chi connectivity index (χ1) is 5.72. The van der Waals surface area contributed by atoms with Crippen LogP contribution in [-0.2, 0) is 0 Å².